The number of aliphatic carboxylic acids is 1. The highest BCUT2D eigenvalue weighted by Gasteiger charge is 2.55. The predicted octanol–water partition coefficient (Wildman–Crippen LogP) is 2.73. The molecule has 0 aromatic heterocycles. The fourth-order valence-electron chi connectivity index (χ4n) is 4.02. The first-order valence-electron chi connectivity index (χ1n) is 7.98. The summed E-state index contributed by atoms with van der Waals surface area (Å²) in [5.41, 5.74) is -0.597. The number of nitrogens with one attached hydrogen (secondary N) is 1. The molecule has 7 nitrogen and oxygen atoms in total. The first kappa shape index (κ1) is 15.9. The van der Waals surface area contributed by atoms with Crippen molar-refractivity contribution in [2.24, 2.45) is 11.3 Å². The lowest BCUT2D eigenvalue weighted by molar-refractivity contribution is -0.286. The van der Waals surface area contributed by atoms with Crippen LogP contribution in [-0.4, -0.2) is 41.4 Å². The van der Waals surface area contributed by atoms with Crippen LogP contribution in [0, 0.1) is 11.3 Å². The summed E-state index contributed by atoms with van der Waals surface area (Å²) < 4.78 is 34.7. The molecule has 1 aromatic rings. The van der Waals surface area contributed by atoms with E-state index in [1.165, 1.54) is 23.1 Å². The molecule has 25 heavy (non-hydrogen) atoms. The maximum atomic E-state index is 13.0. The Morgan fingerprint density at radius 2 is 2.04 bits per heavy atom. The quantitative estimate of drug-likeness (QED) is 0.853. The fraction of sp³-hybridized carbons (Fsp3) is 0.500. The zero-order chi connectivity index (χ0) is 17.8. The van der Waals surface area contributed by atoms with E-state index in [2.05, 4.69) is 14.8 Å². The number of hydrogen-bond acceptors (Lipinski definition) is 4. The molecule has 0 unspecified atom stereocenters. The van der Waals surface area contributed by atoms with Crippen LogP contribution in [0.2, 0.25) is 0 Å². The molecule has 2 atom stereocenters. The lowest BCUT2D eigenvalue weighted by Crippen LogP contribution is -2.38. The number of anilines is 1. The van der Waals surface area contributed by atoms with Gasteiger partial charge in [-0.2, -0.15) is 0 Å². The lowest BCUT2D eigenvalue weighted by Gasteiger charge is -2.23. The molecule has 1 saturated carbocycles. The van der Waals surface area contributed by atoms with Crippen LogP contribution < -0.4 is 14.8 Å². The molecule has 1 saturated heterocycles. The third-order valence-electron chi connectivity index (χ3n) is 5.24. The molecule has 9 heteroatoms. The molecule has 2 N–H and O–H groups in total. The SMILES string of the molecule is O=C(Nc1ccc2c(c1)OC(F)(F)O2)N1C[C@@H]2CCC[C@@]2(C(=O)O)C1. The molecule has 4 rings (SSSR count). The van der Waals surface area contributed by atoms with Crippen molar-refractivity contribution in [3.8, 4) is 11.5 Å². The summed E-state index contributed by atoms with van der Waals surface area (Å²) in [6, 6.07) is 3.49. The maximum Gasteiger partial charge on any atom is 0.586 e. The van der Waals surface area contributed by atoms with Gasteiger partial charge in [-0.15, -0.1) is 8.78 Å². The van der Waals surface area contributed by atoms with E-state index in [0.29, 0.717) is 13.0 Å². The van der Waals surface area contributed by atoms with Crippen LogP contribution in [0.4, 0.5) is 19.3 Å². The summed E-state index contributed by atoms with van der Waals surface area (Å²) in [7, 11) is 0. The van der Waals surface area contributed by atoms with Gasteiger partial charge in [-0.3, -0.25) is 4.79 Å². The number of ether oxygens (including phenoxy) is 2. The highest BCUT2D eigenvalue weighted by atomic mass is 19.3. The summed E-state index contributed by atoms with van der Waals surface area (Å²) in [6.45, 7) is 0.530. The number of amides is 2. The third kappa shape index (κ3) is 2.54. The van der Waals surface area contributed by atoms with Gasteiger partial charge in [0.25, 0.3) is 0 Å². The number of carbonyl (C=O) groups excluding carboxylic acids is 1. The number of carboxylic acids is 1. The van der Waals surface area contributed by atoms with Crippen molar-refractivity contribution in [3.05, 3.63) is 18.2 Å². The average Bonchev–Trinajstić information content (AvgIpc) is 3.15. The van der Waals surface area contributed by atoms with Crippen molar-refractivity contribution in [1.29, 1.82) is 0 Å². The topological polar surface area (TPSA) is 88.1 Å². The number of rotatable bonds is 2. The van der Waals surface area contributed by atoms with Gasteiger partial charge < -0.3 is 24.8 Å². The van der Waals surface area contributed by atoms with Crippen molar-refractivity contribution in [2.75, 3.05) is 18.4 Å². The van der Waals surface area contributed by atoms with Gasteiger partial charge in [-0.25, -0.2) is 4.79 Å². The molecule has 1 aliphatic carbocycles. The highest BCUT2D eigenvalue weighted by molar-refractivity contribution is 5.91. The van der Waals surface area contributed by atoms with Crippen molar-refractivity contribution in [3.63, 3.8) is 0 Å². The lowest BCUT2D eigenvalue weighted by atomic mass is 9.81. The molecule has 2 fully saturated rings. The smallest absolute Gasteiger partial charge is 0.481 e. The minimum atomic E-state index is -3.72. The molecule has 134 valence electrons. The Balaban J connectivity index is 1.46. The normalized spacial score (nSPS) is 28.7. The minimum Gasteiger partial charge on any atom is -0.481 e. The van der Waals surface area contributed by atoms with Gasteiger partial charge in [0.1, 0.15) is 0 Å². The van der Waals surface area contributed by atoms with Crippen LogP contribution in [0.1, 0.15) is 19.3 Å². The Morgan fingerprint density at radius 3 is 2.76 bits per heavy atom. The Hall–Kier alpha value is -2.58. The van der Waals surface area contributed by atoms with E-state index in [1.807, 2.05) is 0 Å². The molecular weight excluding hydrogens is 338 g/mol. The summed E-state index contributed by atoms with van der Waals surface area (Å²) in [5, 5.41) is 12.2. The monoisotopic (exact) mass is 354 g/mol. The number of likely N-dealkylation sites (tertiary alicyclic amines) is 1. The zero-order valence-corrected chi connectivity index (χ0v) is 13.1. The highest BCUT2D eigenvalue weighted by Crippen LogP contribution is 2.49. The second-order valence-corrected chi connectivity index (χ2v) is 6.69. The molecule has 0 spiro atoms. The molecule has 1 aromatic carbocycles. The van der Waals surface area contributed by atoms with Gasteiger partial charge in [0.05, 0.1) is 5.41 Å². The summed E-state index contributed by atoms with van der Waals surface area (Å²) in [4.78, 5) is 25.6. The number of carboxylic acid groups (broad SMARTS) is 1. The van der Waals surface area contributed by atoms with Crippen molar-refractivity contribution >= 4 is 17.7 Å². The number of carbonyl (C=O) groups is 2. The van der Waals surface area contributed by atoms with Crippen LogP contribution in [0.25, 0.3) is 0 Å². The van der Waals surface area contributed by atoms with Gasteiger partial charge in [-0.05, 0) is 30.9 Å². The number of halogens is 2. The second kappa shape index (κ2) is 5.21. The molecule has 0 bridgehead atoms. The standard InChI is InChI=1S/C16H16F2N2O5/c17-16(18)24-11-4-3-10(6-12(11)25-16)19-14(23)20-7-9-2-1-5-15(9,8-20)13(21)22/h3-4,6,9H,1-2,5,7-8H2,(H,19,23)(H,21,22)/t9-,15+/m0/s1. The summed E-state index contributed by atoms with van der Waals surface area (Å²) >= 11 is 0. The molecule has 2 amide bonds. The van der Waals surface area contributed by atoms with E-state index < -0.39 is 23.7 Å². The van der Waals surface area contributed by atoms with Gasteiger partial charge >= 0.3 is 18.3 Å². The first-order chi connectivity index (χ1) is 11.8. The van der Waals surface area contributed by atoms with E-state index >= 15 is 0 Å². The molecular formula is C16H16F2N2O5. The van der Waals surface area contributed by atoms with E-state index in [0.717, 1.165) is 12.8 Å². The van der Waals surface area contributed by atoms with E-state index in [4.69, 9.17) is 0 Å². The van der Waals surface area contributed by atoms with Crippen LogP contribution in [0.5, 0.6) is 11.5 Å². The van der Waals surface area contributed by atoms with E-state index in [1.54, 1.807) is 0 Å². The van der Waals surface area contributed by atoms with Crippen LogP contribution >= 0.6 is 0 Å². The van der Waals surface area contributed by atoms with Crippen molar-refractivity contribution in [2.45, 2.75) is 25.6 Å². The van der Waals surface area contributed by atoms with E-state index in [9.17, 15) is 23.5 Å². The van der Waals surface area contributed by atoms with Crippen molar-refractivity contribution < 1.29 is 33.0 Å². The predicted molar refractivity (Wildman–Crippen MR) is 80.6 cm³/mol. The Morgan fingerprint density at radius 1 is 1.28 bits per heavy atom. The average molecular weight is 354 g/mol. The number of urea groups is 1. The number of hydrogen-bond donors (Lipinski definition) is 2. The largest absolute Gasteiger partial charge is 0.586 e. The molecule has 0 radical (unpaired) electrons. The number of benzene rings is 1. The van der Waals surface area contributed by atoms with Gasteiger partial charge in [0.2, 0.25) is 0 Å². The second-order valence-electron chi connectivity index (χ2n) is 6.69. The number of alkyl halides is 2. The van der Waals surface area contributed by atoms with Crippen LogP contribution in [0.3, 0.4) is 0 Å². The number of nitrogens with zero attached hydrogens (tertiary/aromatic N) is 1. The fourth-order valence-corrected chi connectivity index (χ4v) is 4.02. The number of fused-ring (bicyclic) bond motifs is 2. The molecule has 2 heterocycles. The minimum absolute atomic E-state index is 0.0498. The summed E-state index contributed by atoms with van der Waals surface area (Å²) in [5.74, 6) is -1.19. The Labute approximate surface area is 141 Å². The van der Waals surface area contributed by atoms with Crippen LogP contribution in [-0.2, 0) is 4.79 Å². The molecule has 3 aliphatic rings. The third-order valence-corrected chi connectivity index (χ3v) is 5.24. The molecule has 2 aliphatic heterocycles. The Bertz CT molecular complexity index is 756. The van der Waals surface area contributed by atoms with E-state index in [-0.39, 0.29) is 29.6 Å². The maximum absolute atomic E-state index is 13.0. The first-order valence-corrected chi connectivity index (χ1v) is 7.98. The summed E-state index contributed by atoms with van der Waals surface area (Å²) in [6.07, 6.45) is -1.51. The van der Waals surface area contributed by atoms with Crippen molar-refractivity contribution in [1.82, 2.24) is 4.90 Å². The van der Waals surface area contributed by atoms with Gasteiger partial charge in [0, 0.05) is 24.8 Å². The van der Waals surface area contributed by atoms with Crippen LogP contribution in [0.15, 0.2) is 18.2 Å². The Kier molecular flexibility index (Phi) is 3.32. The zero-order valence-electron chi connectivity index (χ0n) is 13.1. The van der Waals surface area contributed by atoms with Gasteiger partial charge in [-0.1, -0.05) is 6.42 Å². The van der Waals surface area contributed by atoms with Gasteiger partial charge in [0.15, 0.2) is 11.5 Å².